The summed E-state index contributed by atoms with van der Waals surface area (Å²) >= 11 is 0. The van der Waals surface area contributed by atoms with Crippen molar-refractivity contribution in [2.24, 2.45) is 5.92 Å². The molecule has 0 saturated carbocycles. The Morgan fingerprint density at radius 1 is 1.26 bits per heavy atom. The van der Waals surface area contributed by atoms with Gasteiger partial charge in [0.15, 0.2) is 0 Å². The predicted molar refractivity (Wildman–Crippen MR) is 102 cm³/mol. The standard InChI is InChI=1S/C21H29NO4.Cu/c1-5-7-8-17(6-2)15-26-19-11-9-18(10-12-19)13-14-25-21(24)20(22-4)16(3)23;/h9-12,17,23H,5-8,13-15H2,1-3H3;. The first-order chi connectivity index (χ1) is 12.5. The van der Waals surface area contributed by atoms with Crippen LogP contribution in [0.3, 0.4) is 0 Å². The number of carbonyl (C=O) groups is 1. The van der Waals surface area contributed by atoms with Crippen LogP contribution in [-0.4, -0.2) is 24.3 Å². The topological polar surface area (TPSA) is 60.1 Å². The maximum atomic E-state index is 11.6. The molecule has 1 rings (SSSR count). The van der Waals surface area contributed by atoms with Crippen LogP contribution in [0, 0.1) is 12.5 Å². The molecule has 0 spiro atoms. The van der Waals surface area contributed by atoms with E-state index in [1.54, 1.807) is 0 Å². The number of hydrogen-bond acceptors (Lipinski definition) is 4. The third-order valence-corrected chi connectivity index (χ3v) is 4.22. The molecule has 1 radical (unpaired) electrons. The molecule has 0 bridgehead atoms. The summed E-state index contributed by atoms with van der Waals surface area (Å²) in [5.74, 6) is 0.317. The van der Waals surface area contributed by atoms with Crippen LogP contribution in [0.25, 0.3) is 4.85 Å². The van der Waals surface area contributed by atoms with E-state index in [0.29, 0.717) is 12.3 Å². The number of aliphatic hydroxyl groups is 1. The number of unbranched alkanes of at least 4 members (excludes halogenated alkanes) is 1. The smallest absolute Gasteiger partial charge is 0.339 e. The summed E-state index contributed by atoms with van der Waals surface area (Å²) in [4.78, 5) is 14.6. The average Bonchev–Trinajstić information content (AvgIpc) is 2.63. The number of rotatable bonds is 11. The number of aliphatic hydroxyl groups excluding tert-OH is 1. The van der Waals surface area contributed by atoms with Crippen LogP contribution in [0.15, 0.2) is 35.7 Å². The van der Waals surface area contributed by atoms with Crippen molar-refractivity contribution in [1.29, 1.82) is 0 Å². The second-order valence-corrected chi connectivity index (χ2v) is 6.30. The molecular formula is C21H29CuNO4. The molecular weight excluding hydrogens is 394 g/mol. The Balaban J connectivity index is 0.00000676. The van der Waals surface area contributed by atoms with Crippen LogP contribution in [-0.2, 0) is 33.0 Å². The van der Waals surface area contributed by atoms with Crippen LogP contribution >= 0.6 is 0 Å². The Kier molecular flexibility index (Phi) is 13.1. The Morgan fingerprint density at radius 3 is 2.44 bits per heavy atom. The second-order valence-electron chi connectivity index (χ2n) is 6.30. The van der Waals surface area contributed by atoms with Gasteiger partial charge in [0.05, 0.1) is 19.8 Å². The van der Waals surface area contributed by atoms with Crippen LogP contribution in [0.1, 0.15) is 52.0 Å². The van der Waals surface area contributed by atoms with Gasteiger partial charge in [-0.05, 0) is 37.0 Å². The molecule has 0 saturated heterocycles. The van der Waals surface area contributed by atoms with E-state index < -0.39 is 5.97 Å². The van der Waals surface area contributed by atoms with E-state index in [1.165, 1.54) is 26.2 Å². The first kappa shape index (κ1) is 25.0. The molecule has 1 atom stereocenters. The van der Waals surface area contributed by atoms with Crippen LogP contribution in [0.2, 0.25) is 0 Å². The molecule has 5 nitrogen and oxygen atoms in total. The van der Waals surface area contributed by atoms with E-state index in [1.807, 2.05) is 24.3 Å². The Bertz CT molecular complexity index is 631. The van der Waals surface area contributed by atoms with Gasteiger partial charge in [-0.1, -0.05) is 45.2 Å². The van der Waals surface area contributed by atoms with Gasteiger partial charge in [0, 0.05) is 23.5 Å². The minimum absolute atomic E-state index is 0. The van der Waals surface area contributed by atoms with Gasteiger partial charge in [-0.25, -0.2) is 4.85 Å². The number of carbonyl (C=O) groups excluding carboxylic acids is 1. The van der Waals surface area contributed by atoms with E-state index in [4.69, 9.17) is 16.0 Å². The van der Waals surface area contributed by atoms with Crippen molar-refractivity contribution in [3.05, 3.63) is 52.7 Å². The van der Waals surface area contributed by atoms with Crippen LogP contribution in [0.5, 0.6) is 5.75 Å². The first-order valence-electron chi connectivity index (χ1n) is 9.17. The van der Waals surface area contributed by atoms with Gasteiger partial charge in [-0.2, -0.15) is 0 Å². The maximum Gasteiger partial charge on any atom is 0.339 e. The molecule has 0 amide bonds. The normalized spacial score (nSPS) is 12.2. The number of nitrogens with zero attached hydrogens (tertiary/aromatic N) is 1. The fourth-order valence-corrected chi connectivity index (χ4v) is 2.47. The zero-order valence-corrected chi connectivity index (χ0v) is 17.2. The summed E-state index contributed by atoms with van der Waals surface area (Å²) in [5.41, 5.74) is 0.638. The molecule has 0 fully saturated rings. The van der Waals surface area contributed by atoms with Crippen molar-refractivity contribution < 1.29 is 36.4 Å². The molecule has 1 aromatic rings. The van der Waals surface area contributed by atoms with E-state index >= 15 is 0 Å². The third kappa shape index (κ3) is 9.51. The Morgan fingerprint density at radius 2 is 1.93 bits per heavy atom. The molecule has 0 aliphatic carbocycles. The van der Waals surface area contributed by atoms with Gasteiger partial charge in [0.2, 0.25) is 0 Å². The van der Waals surface area contributed by atoms with Gasteiger partial charge >= 0.3 is 11.7 Å². The van der Waals surface area contributed by atoms with E-state index in [0.717, 1.165) is 24.3 Å². The van der Waals surface area contributed by atoms with Crippen molar-refractivity contribution >= 4 is 5.97 Å². The molecule has 27 heavy (non-hydrogen) atoms. The molecule has 0 aliphatic heterocycles. The molecule has 6 heteroatoms. The van der Waals surface area contributed by atoms with Crippen molar-refractivity contribution in [2.45, 2.75) is 52.9 Å². The average molecular weight is 423 g/mol. The maximum absolute atomic E-state index is 11.6. The summed E-state index contributed by atoms with van der Waals surface area (Å²) in [7, 11) is 0. The third-order valence-electron chi connectivity index (χ3n) is 4.22. The van der Waals surface area contributed by atoms with Gasteiger partial charge in [0.1, 0.15) is 11.5 Å². The fraction of sp³-hybridized carbons (Fsp3) is 0.524. The van der Waals surface area contributed by atoms with Gasteiger partial charge in [0.25, 0.3) is 0 Å². The summed E-state index contributed by atoms with van der Waals surface area (Å²) in [6, 6.07) is 7.73. The molecule has 153 valence electrons. The van der Waals surface area contributed by atoms with Crippen molar-refractivity contribution in [3.63, 3.8) is 0 Å². The van der Waals surface area contributed by atoms with E-state index in [2.05, 4.69) is 18.7 Å². The minimum atomic E-state index is -0.794. The van der Waals surface area contributed by atoms with Crippen molar-refractivity contribution in [1.82, 2.24) is 0 Å². The monoisotopic (exact) mass is 422 g/mol. The molecule has 1 unspecified atom stereocenters. The number of hydrogen-bond donors (Lipinski definition) is 1. The zero-order chi connectivity index (χ0) is 19.4. The predicted octanol–water partition coefficient (Wildman–Crippen LogP) is 5.07. The summed E-state index contributed by atoms with van der Waals surface area (Å²) in [5, 5.41) is 9.24. The minimum Gasteiger partial charge on any atom is -0.523 e. The molecule has 1 aromatic carbocycles. The summed E-state index contributed by atoms with van der Waals surface area (Å²) in [6.45, 7) is 13.4. The van der Waals surface area contributed by atoms with Crippen molar-refractivity contribution in [3.8, 4) is 5.75 Å². The van der Waals surface area contributed by atoms with Crippen LogP contribution in [0.4, 0.5) is 0 Å². The largest absolute Gasteiger partial charge is 0.523 e. The molecule has 0 aromatic heterocycles. The number of ether oxygens (including phenoxy) is 2. The molecule has 0 heterocycles. The molecule has 0 aliphatic rings. The van der Waals surface area contributed by atoms with Gasteiger partial charge in [-0.3, -0.25) is 4.79 Å². The quantitative estimate of drug-likeness (QED) is 0.178. The summed E-state index contributed by atoms with van der Waals surface area (Å²) < 4.78 is 10.9. The first-order valence-corrected chi connectivity index (χ1v) is 9.17. The fourth-order valence-electron chi connectivity index (χ4n) is 2.47. The van der Waals surface area contributed by atoms with E-state index in [9.17, 15) is 9.90 Å². The Hall–Kier alpha value is -1.96. The number of esters is 1. The SMILES string of the molecule is [C-]#[N+]C(C(=O)OCCc1ccc(OCC(CC)CCCC)cc1)=C(C)O.[Cu]. The zero-order valence-electron chi connectivity index (χ0n) is 16.3. The van der Waals surface area contributed by atoms with Crippen molar-refractivity contribution in [2.75, 3.05) is 13.2 Å². The van der Waals surface area contributed by atoms with Crippen LogP contribution < -0.4 is 4.74 Å². The van der Waals surface area contributed by atoms with Gasteiger partial charge < -0.3 is 14.6 Å². The summed E-state index contributed by atoms with van der Waals surface area (Å²) in [6.07, 6.45) is 5.30. The number of benzene rings is 1. The Labute approximate surface area is 173 Å². The molecule has 1 N–H and O–H groups in total. The number of allylic oxidation sites excluding steroid dienone is 1. The van der Waals surface area contributed by atoms with Gasteiger partial charge in [-0.15, -0.1) is 0 Å². The van der Waals surface area contributed by atoms with E-state index in [-0.39, 0.29) is 35.1 Å². The second kappa shape index (κ2) is 14.1.